The number of aromatic nitrogens is 3. The van der Waals surface area contributed by atoms with Gasteiger partial charge < -0.3 is 4.57 Å². The van der Waals surface area contributed by atoms with Gasteiger partial charge in [-0.25, -0.2) is 4.98 Å². The molecule has 0 bridgehead atoms. The highest BCUT2D eigenvalue weighted by atomic mass is 32.2. The molecule has 0 amide bonds. The van der Waals surface area contributed by atoms with Crippen LogP contribution in [-0.2, 0) is 17.3 Å². The molecule has 0 saturated heterocycles. The van der Waals surface area contributed by atoms with Crippen molar-refractivity contribution in [2.45, 2.75) is 53.0 Å². The van der Waals surface area contributed by atoms with Crippen molar-refractivity contribution < 1.29 is 4.21 Å². The highest BCUT2D eigenvalue weighted by Crippen LogP contribution is 2.19. The molecule has 0 radical (unpaired) electrons. The van der Waals surface area contributed by atoms with Crippen molar-refractivity contribution in [3.05, 3.63) is 23.8 Å². The number of hydrogen-bond donors (Lipinski definition) is 0. The molecule has 2 heterocycles. The molecule has 1 unspecified atom stereocenters. The van der Waals surface area contributed by atoms with Crippen LogP contribution < -0.4 is 0 Å². The Kier molecular flexibility index (Phi) is 5.91. The maximum absolute atomic E-state index is 11.8. The van der Waals surface area contributed by atoms with E-state index in [1.54, 1.807) is 0 Å². The van der Waals surface area contributed by atoms with E-state index in [0.717, 1.165) is 55.1 Å². The molecule has 0 saturated carbocycles. The van der Waals surface area contributed by atoms with Gasteiger partial charge in [0.25, 0.3) is 0 Å². The fraction of sp³-hybridized carbons (Fsp3) is 0.625. The molecule has 2 rings (SSSR count). The summed E-state index contributed by atoms with van der Waals surface area (Å²) in [6.07, 6.45) is 7.97. The molecule has 21 heavy (non-hydrogen) atoms. The number of rotatable bonds is 8. The number of aryl methyl sites for hydroxylation is 3. The van der Waals surface area contributed by atoms with E-state index < -0.39 is 10.8 Å². The van der Waals surface area contributed by atoms with E-state index >= 15 is 0 Å². The summed E-state index contributed by atoms with van der Waals surface area (Å²) in [4.78, 5) is 8.77. The van der Waals surface area contributed by atoms with Gasteiger partial charge >= 0.3 is 0 Å². The topological polar surface area (TPSA) is 47.8 Å². The minimum Gasteiger partial charge on any atom is -0.328 e. The normalized spacial score (nSPS) is 12.9. The molecular weight excluding hydrogens is 282 g/mol. The lowest BCUT2D eigenvalue weighted by Gasteiger charge is -2.08. The van der Waals surface area contributed by atoms with Gasteiger partial charge in [-0.1, -0.05) is 13.3 Å². The summed E-state index contributed by atoms with van der Waals surface area (Å²) in [5, 5.41) is 0. The van der Waals surface area contributed by atoms with Crippen LogP contribution >= 0.6 is 0 Å². The lowest BCUT2D eigenvalue weighted by atomic mass is 10.2. The van der Waals surface area contributed by atoms with Gasteiger partial charge in [-0.2, -0.15) is 0 Å². The Morgan fingerprint density at radius 1 is 1.14 bits per heavy atom. The van der Waals surface area contributed by atoms with Crippen LogP contribution in [0.25, 0.3) is 11.0 Å². The molecule has 1 atom stereocenters. The minimum absolute atomic E-state index is 0.640. The highest BCUT2D eigenvalue weighted by molar-refractivity contribution is 7.84. The molecule has 0 N–H and O–H groups in total. The van der Waals surface area contributed by atoms with Gasteiger partial charge in [-0.3, -0.25) is 9.19 Å². The second-order valence-electron chi connectivity index (χ2n) is 5.54. The van der Waals surface area contributed by atoms with Crippen molar-refractivity contribution in [1.29, 1.82) is 0 Å². The first kappa shape index (κ1) is 16.1. The lowest BCUT2D eigenvalue weighted by Crippen LogP contribution is -2.06. The van der Waals surface area contributed by atoms with Crippen molar-refractivity contribution in [1.82, 2.24) is 14.5 Å². The Labute approximate surface area is 129 Å². The molecule has 0 aromatic carbocycles. The molecule has 5 heteroatoms. The van der Waals surface area contributed by atoms with Crippen LogP contribution in [-0.4, -0.2) is 30.2 Å². The maximum Gasteiger partial charge on any atom is 0.107 e. The van der Waals surface area contributed by atoms with E-state index in [2.05, 4.69) is 28.4 Å². The van der Waals surface area contributed by atoms with Crippen molar-refractivity contribution in [3.63, 3.8) is 0 Å². The summed E-state index contributed by atoms with van der Waals surface area (Å²) in [6, 6.07) is 0. The molecule has 0 fully saturated rings. The van der Waals surface area contributed by atoms with Crippen molar-refractivity contribution >= 4 is 21.8 Å². The summed E-state index contributed by atoms with van der Waals surface area (Å²) in [7, 11) is -0.640. The predicted octanol–water partition coefficient (Wildman–Crippen LogP) is 3.38. The summed E-state index contributed by atoms with van der Waals surface area (Å²) in [5.41, 5.74) is 3.33. The Bertz CT molecular complexity index is 621. The molecule has 0 spiro atoms. The average Bonchev–Trinajstić information content (AvgIpc) is 2.78. The van der Waals surface area contributed by atoms with Crippen molar-refractivity contribution in [3.8, 4) is 0 Å². The second kappa shape index (κ2) is 7.69. The van der Waals surface area contributed by atoms with E-state index in [9.17, 15) is 4.21 Å². The van der Waals surface area contributed by atoms with Crippen LogP contribution in [0.4, 0.5) is 0 Å². The molecule has 116 valence electrons. The predicted molar refractivity (Wildman–Crippen MR) is 89.0 cm³/mol. The van der Waals surface area contributed by atoms with Gasteiger partial charge in [-0.15, -0.1) is 0 Å². The summed E-state index contributed by atoms with van der Waals surface area (Å²) in [5.74, 6) is 2.72. The quantitative estimate of drug-likeness (QED) is 0.702. The third-order valence-electron chi connectivity index (χ3n) is 3.75. The smallest absolute Gasteiger partial charge is 0.107 e. The minimum atomic E-state index is -0.640. The summed E-state index contributed by atoms with van der Waals surface area (Å²) in [6.45, 7) is 7.20. The first-order valence-corrected chi connectivity index (χ1v) is 9.24. The molecular formula is C16H25N3OS. The lowest BCUT2D eigenvalue weighted by molar-refractivity contribution is 0.625. The first-order valence-electron chi connectivity index (χ1n) is 7.76. The Balaban J connectivity index is 1.92. The van der Waals surface area contributed by atoms with Crippen LogP contribution in [0, 0.1) is 13.8 Å². The number of unbranched alkanes of at least 4 members (excludes halogenated alkanes) is 2. The molecule has 2 aromatic heterocycles. The average molecular weight is 307 g/mol. The van der Waals surface area contributed by atoms with Gasteiger partial charge in [-0.05, 0) is 38.7 Å². The van der Waals surface area contributed by atoms with Crippen LogP contribution in [0.15, 0.2) is 12.4 Å². The number of nitrogens with zero attached hydrogens (tertiary/aromatic N) is 3. The Morgan fingerprint density at radius 2 is 1.90 bits per heavy atom. The molecule has 2 aromatic rings. The Hall–Kier alpha value is -1.23. The van der Waals surface area contributed by atoms with Gasteiger partial charge in [0.1, 0.15) is 11.3 Å². The van der Waals surface area contributed by atoms with Crippen LogP contribution in [0.3, 0.4) is 0 Å². The van der Waals surface area contributed by atoms with E-state index in [0.29, 0.717) is 0 Å². The van der Waals surface area contributed by atoms with Gasteiger partial charge in [0.05, 0.1) is 11.7 Å². The fourth-order valence-electron chi connectivity index (χ4n) is 2.59. The monoisotopic (exact) mass is 307 g/mol. The third-order valence-corrected chi connectivity index (χ3v) is 5.24. The van der Waals surface area contributed by atoms with Gasteiger partial charge in [0.15, 0.2) is 0 Å². The van der Waals surface area contributed by atoms with Gasteiger partial charge in [0.2, 0.25) is 0 Å². The molecule has 0 aliphatic heterocycles. The number of fused-ring (bicyclic) bond motifs is 1. The van der Waals surface area contributed by atoms with Gasteiger partial charge in [0, 0.05) is 35.0 Å². The summed E-state index contributed by atoms with van der Waals surface area (Å²) >= 11 is 0. The Morgan fingerprint density at radius 3 is 2.67 bits per heavy atom. The van der Waals surface area contributed by atoms with E-state index in [4.69, 9.17) is 0 Å². The van der Waals surface area contributed by atoms with Crippen LogP contribution in [0.1, 0.15) is 44.0 Å². The zero-order valence-corrected chi connectivity index (χ0v) is 14.1. The standard InChI is InChI=1S/C16H25N3OS/c1-4-5-9-21(20)10-7-6-8-19-14(3)18-15-12-17-11-13(2)16(15)19/h11-12H,4-10H2,1-3H3. The number of pyridine rings is 1. The van der Waals surface area contributed by atoms with Crippen molar-refractivity contribution in [2.24, 2.45) is 0 Å². The van der Waals surface area contributed by atoms with Crippen LogP contribution in [0.5, 0.6) is 0 Å². The largest absolute Gasteiger partial charge is 0.328 e. The summed E-state index contributed by atoms with van der Waals surface area (Å²) < 4.78 is 14.0. The first-order chi connectivity index (χ1) is 10.1. The molecule has 4 nitrogen and oxygen atoms in total. The van der Waals surface area contributed by atoms with Crippen LogP contribution in [0.2, 0.25) is 0 Å². The second-order valence-corrected chi connectivity index (χ2v) is 7.24. The fourth-order valence-corrected chi connectivity index (χ4v) is 3.93. The molecule has 0 aliphatic carbocycles. The number of imidazole rings is 1. The zero-order valence-electron chi connectivity index (χ0n) is 13.3. The SMILES string of the molecule is CCCCS(=O)CCCCn1c(C)nc2cncc(C)c21. The zero-order chi connectivity index (χ0) is 15.2. The number of hydrogen-bond acceptors (Lipinski definition) is 3. The van der Waals surface area contributed by atoms with E-state index in [1.807, 2.05) is 19.3 Å². The van der Waals surface area contributed by atoms with Crippen molar-refractivity contribution in [2.75, 3.05) is 11.5 Å². The van der Waals surface area contributed by atoms with E-state index in [-0.39, 0.29) is 0 Å². The van der Waals surface area contributed by atoms with E-state index in [1.165, 1.54) is 11.1 Å². The highest BCUT2D eigenvalue weighted by Gasteiger charge is 2.09. The third kappa shape index (κ3) is 4.13. The maximum atomic E-state index is 11.8. The molecule has 0 aliphatic rings.